The van der Waals surface area contributed by atoms with Gasteiger partial charge in [-0.3, -0.25) is 4.79 Å². The highest BCUT2D eigenvalue weighted by Gasteiger charge is 2.63. The van der Waals surface area contributed by atoms with E-state index in [4.69, 9.17) is 14.2 Å². The Bertz CT molecular complexity index is 1010. The van der Waals surface area contributed by atoms with Crippen molar-refractivity contribution in [3.63, 3.8) is 0 Å². The number of benzene rings is 1. The van der Waals surface area contributed by atoms with Crippen LogP contribution in [0.5, 0.6) is 11.5 Å². The summed E-state index contributed by atoms with van der Waals surface area (Å²) in [5.41, 5.74) is 1.91. The normalized spacial score (nSPS) is 35.6. The molecule has 1 aliphatic heterocycles. The van der Waals surface area contributed by atoms with Crippen LogP contribution in [0.2, 0.25) is 0 Å². The fraction of sp³-hybridized carbons (Fsp3) is 0.714. The molecule has 0 spiro atoms. The van der Waals surface area contributed by atoms with E-state index >= 15 is 0 Å². The molecule has 0 saturated heterocycles. The van der Waals surface area contributed by atoms with E-state index in [1.165, 1.54) is 12.0 Å². The molecule has 7 atom stereocenters. The van der Waals surface area contributed by atoms with Crippen LogP contribution in [-0.2, 0) is 21.4 Å². The molecule has 5 rings (SSSR count). The largest absolute Gasteiger partial charge is 0.514 e. The molecule has 7 heteroatoms. The molecule has 192 valence electrons. The number of nitrogens with zero attached hydrogens (tertiary/aromatic N) is 1. The molecule has 35 heavy (non-hydrogen) atoms. The van der Waals surface area contributed by atoms with Crippen LogP contribution in [0.25, 0.3) is 0 Å². The van der Waals surface area contributed by atoms with Gasteiger partial charge in [0, 0.05) is 22.5 Å². The van der Waals surface area contributed by atoms with E-state index in [0.717, 1.165) is 35.7 Å². The van der Waals surface area contributed by atoms with Gasteiger partial charge in [-0.05, 0) is 75.1 Å². The van der Waals surface area contributed by atoms with Crippen LogP contribution < -0.4 is 9.47 Å². The molecule has 2 saturated carbocycles. The van der Waals surface area contributed by atoms with Crippen LogP contribution in [0.15, 0.2) is 12.1 Å². The summed E-state index contributed by atoms with van der Waals surface area (Å²) < 4.78 is 19.0. The predicted octanol–water partition coefficient (Wildman–Crippen LogP) is 5.56. The maximum absolute atomic E-state index is 13.1. The van der Waals surface area contributed by atoms with Gasteiger partial charge in [-0.25, -0.2) is 4.79 Å². The molecule has 0 N–H and O–H groups in total. The first kappa shape index (κ1) is 25.3. The number of ketones is 1. The van der Waals surface area contributed by atoms with Crippen LogP contribution >= 0.6 is 22.6 Å². The molecule has 1 heterocycles. The van der Waals surface area contributed by atoms with Crippen LogP contribution in [-0.4, -0.2) is 53.6 Å². The van der Waals surface area contributed by atoms with E-state index in [2.05, 4.69) is 68.4 Å². The van der Waals surface area contributed by atoms with E-state index in [1.54, 1.807) is 0 Å². The average molecular weight is 596 g/mol. The van der Waals surface area contributed by atoms with Crippen molar-refractivity contribution in [1.29, 1.82) is 0 Å². The lowest BCUT2D eigenvalue weighted by Crippen LogP contribution is -2.61. The summed E-state index contributed by atoms with van der Waals surface area (Å²) in [6.07, 6.45) is 4.11. The van der Waals surface area contributed by atoms with Crippen molar-refractivity contribution in [3.05, 3.63) is 23.3 Å². The first-order valence-corrected chi connectivity index (χ1v) is 14.7. The van der Waals surface area contributed by atoms with Crippen LogP contribution in [0, 0.1) is 23.7 Å². The summed E-state index contributed by atoms with van der Waals surface area (Å²) in [5, 5.41) is 0. The summed E-state index contributed by atoms with van der Waals surface area (Å²) in [4.78, 5) is 28.4. The fourth-order valence-corrected chi connectivity index (χ4v) is 8.77. The molecule has 1 unspecified atom stereocenters. The standard InChI is InChI=1S/C28H38INO5/c1-15(2)18-8-6-16(3)12-23(18)34-27(32)33-22-11-7-17-13-20(30(4)5)19-9-10-21(31)26-28(19,14-29)24(17)25(22)35-26/h7,11,15-16,18-20,23,26H,6,8-10,12-14H2,1-5H3/t16-,18+,19?,20+,23-,26-,28-/m0/s1. The summed E-state index contributed by atoms with van der Waals surface area (Å²) in [6.45, 7) is 6.61. The number of ether oxygens (including phenoxy) is 3. The second-order valence-corrected chi connectivity index (χ2v) is 12.5. The average Bonchev–Trinajstić information content (AvgIpc) is 3.17. The van der Waals surface area contributed by atoms with Crippen molar-refractivity contribution >= 4 is 34.5 Å². The van der Waals surface area contributed by atoms with Gasteiger partial charge < -0.3 is 19.1 Å². The molecule has 3 aliphatic carbocycles. The monoisotopic (exact) mass is 595 g/mol. The number of rotatable bonds is 5. The van der Waals surface area contributed by atoms with Gasteiger partial charge in [-0.15, -0.1) is 0 Å². The van der Waals surface area contributed by atoms with Crippen LogP contribution in [0.4, 0.5) is 4.79 Å². The summed E-state index contributed by atoms with van der Waals surface area (Å²) >= 11 is 2.42. The maximum Gasteiger partial charge on any atom is 0.514 e. The molecule has 0 amide bonds. The minimum atomic E-state index is -0.669. The number of Topliss-reactive ketones (excluding diaryl/α,β-unsaturated/α-hetero) is 1. The highest BCUT2D eigenvalue weighted by atomic mass is 127. The third-order valence-electron chi connectivity index (χ3n) is 9.21. The van der Waals surface area contributed by atoms with Gasteiger partial charge in [0.1, 0.15) is 6.10 Å². The molecule has 1 aromatic carbocycles. The van der Waals surface area contributed by atoms with Gasteiger partial charge in [0.05, 0.1) is 5.41 Å². The molecule has 0 bridgehead atoms. The van der Waals surface area contributed by atoms with Crippen LogP contribution in [0.1, 0.15) is 64.0 Å². The second kappa shape index (κ2) is 9.51. The number of likely N-dealkylation sites (N-methyl/N-ethyl adjacent to an activating group) is 1. The minimum Gasteiger partial charge on any atom is -0.477 e. The van der Waals surface area contributed by atoms with Crippen LogP contribution in [0.3, 0.4) is 0 Å². The zero-order chi connectivity index (χ0) is 25.1. The highest BCUT2D eigenvalue weighted by molar-refractivity contribution is 14.1. The lowest BCUT2D eigenvalue weighted by Gasteiger charge is -2.51. The van der Waals surface area contributed by atoms with E-state index < -0.39 is 12.3 Å². The maximum atomic E-state index is 13.1. The predicted molar refractivity (Wildman–Crippen MR) is 143 cm³/mol. The molecule has 4 aliphatic rings. The quantitative estimate of drug-likeness (QED) is 0.192. The van der Waals surface area contributed by atoms with Gasteiger partial charge >= 0.3 is 6.16 Å². The highest BCUT2D eigenvalue weighted by Crippen LogP contribution is 2.60. The molecule has 0 aromatic heterocycles. The third kappa shape index (κ3) is 4.09. The van der Waals surface area contributed by atoms with E-state index in [1.807, 2.05) is 6.07 Å². The van der Waals surface area contributed by atoms with E-state index in [9.17, 15) is 9.59 Å². The molecular formula is C28H38INO5. The smallest absolute Gasteiger partial charge is 0.477 e. The Morgan fingerprint density at radius 1 is 1.26 bits per heavy atom. The van der Waals surface area contributed by atoms with Crippen molar-refractivity contribution in [3.8, 4) is 11.5 Å². The van der Waals surface area contributed by atoms with Gasteiger partial charge in [0.25, 0.3) is 0 Å². The Labute approximate surface area is 222 Å². The van der Waals surface area contributed by atoms with Crippen molar-refractivity contribution < 1.29 is 23.8 Å². The molecule has 2 fully saturated rings. The molecule has 0 radical (unpaired) electrons. The lowest BCUT2D eigenvalue weighted by atomic mass is 9.55. The second-order valence-electron chi connectivity index (χ2n) is 11.8. The van der Waals surface area contributed by atoms with Crippen molar-refractivity contribution in [1.82, 2.24) is 4.90 Å². The van der Waals surface area contributed by atoms with Gasteiger partial charge in [0.2, 0.25) is 0 Å². The van der Waals surface area contributed by atoms with E-state index in [0.29, 0.717) is 47.6 Å². The molecular weight excluding hydrogens is 557 g/mol. The Morgan fingerprint density at radius 3 is 2.71 bits per heavy atom. The number of hydrogen-bond acceptors (Lipinski definition) is 6. The Hall–Kier alpha value is -1.35. The topological polar surface area (TPSA) is 65.1 Å². The number of alkyl halides is 1. The summed E-state index contributed by atoms with van der Waals surface area (Å²) in [6, 6.07) is 4.24. The number of carbonyl (C=O) groups excluding carboxylic acids is 2. The minimum absolute atomic E-state index is 0.131. The first-order chi connectivity index (χ1) is 16.7. The zero-order valence-electron chi connectivity index (χ0n) is 21.5. The Kier molecular flexibility index (Phi) is 6.87. The third-order valence-corrected chi connectivity index (χ3v) is 10.5. The van der Waals surface area contributed by atoms with Crippen molar-refractivity contribution in [2.24, 2.45) is 23.7 Å². The van der Waals surface area contributed by atoms with Gasteiger partial charge in [-0.1, -0.05) is 55.8 Å². The number of halogens is 1. The van der Waals surface area contributed by atoms with Gasteiger partial charge in [0.15, 0.2) is 23.4 Å². The van der Waals surface area contributed by atoms with Crippen molar-refractivity contribution in [2.45, 2.75) is 83.0 Å². The fourth-order valence-electron chi connectivity index (χ4n) is 7.42. The molecule has 6 nitrogen and oxygen atoms in total. The Morgan fingerprint density at radius 2 is 2.03 bits per heavy atom. The number of hydrogen-bond donors (Lipinski definition) is 0. The summed E-state index contributed by atoms with van der Waals surface area (Å²) in [7, 11) is 4.26. The lowest BCUT2D eigenvalue weighted by molar-refractivity contribution is -0.133. The summed E-state index contributed by atoms with van der Waals surface area (Å²) in [5.74, 6) is 2.77. The number of carbonyl (C=O) groups is 2. The SMILES string of the molecule is CC(C)[C@H]1CC[C@H](C)C[C@@H]1OC(=O)Oc1ccc2c3c1O[C@H]1C(=O)CCC([C@H](N(C)C)C2)[C@@]31CI. The van der Waals surface area contributed by atoms with Gasteiger partial charge in [-0.2, -0.15) is 0 Å². The van der Waals surface area contributed by atoms with E-state index in [-0.39, 0.29) is 17.3 Å². The van der Waals surface area contributed by atoms with Crippen molar-refractivity contribution in [2.75, 3.05) is 18.5 Å². The molecule has 1 aromatic rings. The Balaban J connectivity index is 1.46. The first-order valence-electron chi connectivity index (χ1n) is 13.1. The zero-order valence-corrected chi connectivity index (χ0v) is 23.7.